The highest BCUT2D eigenvalue weighted by Gasteiger charge is 2.31. The minimum absolute atomic E-state index is 0.0409. The molecule has 1 atom stereocenters. The van der Waals surface area contributed by atoms with Crippen LogP contribution in [-0.2, 0) is 22.6 Å². The average molecular weight is 487 g/mol. The summed E-state index contributed by atoms with van der Waals surface area (Å²) in [5.41, 5.74) is 4.12. The number of nitrogens with zero attached hydrogens (tertiary/aromatic N) is 1. The van der Waals surface area contributed by atoms with Crippen molar-refractivity contribution in [2.75, 3.05) is 6.61 Å². The Hall–Kier alpha value is -3.60. The third-order valence-electron chi connectivity index (χ3n) is 6.03. The van der Waals surface area contributed by atoms with E-state index < -0.39 is 6.04 Å². The van der Waals surface area contributed by atoms with Gasteiger partial charge in [0.25, 0.3) is 5.91 Å². The summed E-state index contributed by atoms with van der Waals surface area (Å²) in [5.74, 6) is 0.567. The van der Waals surface area contributed by atoms with E-state index in [1.807, 2.05) is 93.6 Å². The number of hydrogen-bond donors (Lipinski definition) is 1. The summed E-state index contributed by atoms with van der Waals surface area (Å²) in [5, 5.41) is 3.02. The lowest BCUT2D eigenvalue weighted by Crippen LogP contribution is -2.52. The van der Waals surface area contributed by atoms with Gasteiger partial charge in [-0.1, -0.05) is 92.2 Å². The largest absolute Gasteiger partial charge is 0.483 e. The van der Waals surface area contributed by atoms with E-state index >= 15 is 0 Å². The van der Waals surface area contributed by atoms with Gasteiger partial charge in [0.1, 0.15) is 11.8 Å². The Bertz CT molecular complexity index is 1140. The molecule has 0 heterocycles. The zero-order chi connectivity index (χ0) is 26.1. The van der Waals surface area contributed by atoms with E-state index in [2.05, 4.69) is 25.2 Å². The molecule has 0 radical (unpaired) electrons. The van der Waals surface area contributed by atoms with E-state index in [-0.39, 0.29) is 30.4 Å². The summed E-state index contributed by atoms with van der Waals surface area (Å²) in [6.07, 6.45) is 0.416. The SMILES string of the molecule is Cc1cccc(CN(C(=O)COc2ccccc2C(C)C)[C@@H](Cc2ccccc2)C(=O)NC(C)C)c1. The summed E-state index contributed by atoms with van der Waals surface area (Å²) in [7, 11) is 0. The van der Waals surface area contributed by atoms with Crippen LogP contribution in [0.5, 0.6) is 5.75 Å². The van der Waals surface area contributed by atoms with E-state index in [4.69, 9.17) is 4.74 Å². The fraction of sp³-hybridized carbons (Fsp3) is 0.355. The molecule has 0 fully saturated rings. The van der Waals surface area contributed by atoms with Crippen LogP contribution in [0.15, 0.2) is 78.9 Å². The van der Waals surface area contributed by atoms with Gasteiger partial charge < -0.3 is 15.0 Å². The molecule has 0 aliphatic carbocycles. The third-order valence-corrected chi connectivity index (χ3v) is 6.03. The van der Waals surface area contributed by atoms with Crippen LogP contribution in [0.25, 0.3) is 0 Å². The molecule has 36 heavy (non-hydrogen) atoms. The molecule has 1 N–H and O–H groups in total. The molecule has 190 valence electrons. The van der Waals surface area contributed by atoms with Gasteiger partial charge in [-0.3, -0.25) is 9.59 Å². The molecular formula is C31H38N2O3. The quantitative estimate of drug-likeness (QED) is 0.380. The fourth-order valence-corrected chi connectivity index (χ4v) is 4.25. The summed E-state index contributed by atoms with van der Waals surface area (Å²) in [6, 6.07) is 24.9. The molecule has 3 aromatic rings. The highest BCUT2D eigenvalue weighted by Crippen LogP contribution is 2.26. The van der Waals surface area contributed by atoms with Gasteiger partial charge in [0.15, 0.2) is 6.61 Å². The van der Waals surface area contributed by atoms with Gasteiger partial charge in [-0.2, -0.15) is 0 Å². The van der Waals surface area contributed by atoms with Crippen molar-refractivity contribution in [1.29, 1.82) is 0 Å². The maximum atomic E-state index is 13.7. The number of benzene rings is 3. The lowest BCUT2D eigenvalue weighted by molar-refractivity contribution is -0.143. The first-order valence-electron chi connectivity index (χ1n) is 12.7. The maximum absolute atomic E-state index is 13.7. The molecule has 0 saturated heterocycles. The Morgan fingerprint density at radius 1 is 0.861 bits per heavy atom. The van der Waals surface area contributed by atoms with Crippen LogP contribution in [0.4, 0.5) is 0 Å². The summed E-state index contributed by atoms with van der Waals surface area (Å²) in [6.45, 7) is 10.2. The number of carbonyl (C=O) groups excluding carboxylic acids is 2. The van der Waals surface area contributed by atoms with Gasteiger partial charge >= 0.3 is 0 Å². The van der Waals surface area contributed by atoms with Gasteiger partial charge in [-0.05, 0) is 49.4 Å². The van der Waals surface area contributed by atoms with E-state index in [0.29, 0.717) is 18.7 Å². The minimum atomic E-state index is -0.674. The van der Waals surface area contributed by atoms with Crippen LogP contribution in [0.2, 0.25) is 0 Å². The van der Waals surface area contributed by atoms with Crippen molar-refractivity contribution in [2.24, 2.45) is 0 Å². The standard InChI is InChI=1S/C31H38N2O3/c1-22(2)27-16-9-10-17-29(27)36-21-30(34)33(20-26-15-11-12-24(5)18-26)28(31(35)32-23(3)4)19-25-13-7-6-8-14-25/h6-18,22-23,28H,19-21H2,1-5H3,(H,32,35)/t28-/m0/s1. The number of hydrogen-bond acceptors (Lipinski definition) is 3. The van der Waals surface area contributed by atoms with Crippen molar-refractivity contribution in [1.82, 2.24) is 10.2 Å². The molecule has 3 rings (SSSR count). The Balaban J connectivity index is 1.93. The normalized spacial score (nSPS) is 11.9. The van der Waals surface area contributed by atoms with Crippen molar-refractivity contribution in [3.05, 3.63) is 101 Å². The van der Waals surface area contributed by atoms with Crippen LogP contribution in [-0.4, -0.2) is 35.4 Å². The number of nitrogens with one attached hydrogen (secondary N) is 1. The number of para-hydroxylation sites is 1. The van der Waals surface area contributed by atoms with E-state index in [9.17, 15) is 9.59 Å². The predicted octanol–water partition coefficient (Wildman–Crippen LogP) is 5.66. The second-order valence-electron chi connectivity index (χ2n) is 9.86. The maximum Gasteiger partial charge on any atom is 0.261 e. The molecule has 0 unspecified atom stereocenters. The van der Waals surface area contributed by atoms with Crippen LogP contribution in [0, 0.1) is 6.92 Å². The Morgan fingerprint density at radius 2 is 1.53 bits per heavy atom. The highest BCUT2D eigenvalue weighted by atomic mass is 16.5. The molecule has 2 amide bonds. The van der Waals surface area contributed by atoms with Crippen LogP contribution >= 0.6 is 0 Å². The smallest absolute Gasteiger partial charge is 0.261 e. The van der Waals surface area contributed by atoms with Crippen molar-refractivity contribution >= 4 is 11.8 Å². The first kappa shape index (κ1) is 27.0. The molecule has 5 heteroatoms. The van der Waals surface area contributed by atoms with Crippen LogP contribution in [0.1, 0.15) is 55.9 Å². The number of carbonyl (C=O) groups is 2. The van der Waals surface area contributed by atoms with Crippen LogP contribution < -0.4 is 10.1 Å². The zero-order valence-electron chi connectivity index (χ0n) is 22.0. The summed E-state index contributed by atoms with van der Waals surface area (Å²) in [4.78, 5) is 28.8. The van der Waals surface area contributed by atoms with E-state index in [1.54, 1.807) is 4.90 Å². The zero-order valence-corrected chi connectivity index (χ0v) is 22.0. The summed E-state index contributed by atoms with van der Waals surface area (Å²) < 4.78 is 6.04. The van der Waals surface area contributed by atoms with E-state index in [1.165, 1.54) is 0 Å². The highest BCUT2D eigenvalue weighted by molar-refractivity contribution is 5.88. The van der Waals surface area contributed by atoms with Gasteiger partial charge in [0, 0.05) is 19.0 Å². The predicted molar refractivity (Wildman–Crippen MR) is 145 cm³/mol. The molecule has 0 saturated carbocycles. The molecule has 0 aliphatic rings. The average Bonchev–Trinajstić information content (AvgIpc) is 2.85. The molecule has 0 bridgehead atoms. The first-order chi connectivity index (χ1) is 17.2. The lowest BCUT2D eigenvalue weighted by Gasteiger charge is -2.32. The van der Waals surface area contributed by atoms with Gasteiger partial charge in [-0.15, -0.1) is 0 Å². The summed E-state index contributed by atoms with van der Waals surface area (Å²) >= 11 is 0. The fourth-order valence-electron chi connectivity index (χ4n) is 4.25. The molecule has 0 aliphatic heterocycles. The number of ether oxygens (including phenoxy) is 1. The first-order valence-corrected chi connectivity index (χ1v) is 12.7. The van der Waals surface area contributed by atoms with Crippen LogP contribution in [0.3, 0.4) is 0 Å². The second kappa shape index (κ2) is 12.9. The Labute approximate surface area is 215 Å². The number of rotatable bonds is 11. The Morgan fingerprint density at radius 3 is 2.19 bits per heavy atom. The monoisotopic (exact) mass is 486 g/mol. The molecular weight excluding hydrogens is 448 g/mol. The van der Waals surface area contributed by atoms with Crippen molar-refractivity contribution in [2.45, 2.75) is 65.6 Å². The topological polar surface area (TPSA) is 58.6 Å². The molecule has 0 aromatic heterocycles. The second-order valence-corrected chi connectivity index (χ2v) is 9.86. The molecule has 5 nitrogen and oxygen atoms in total. The number of aryl methyl sites for hydroxylation is 1. The molecule has 3 aromatic carbocycles. The van der Waals surface area contributed by atoms with Gasteiger partial charge in [0.05, 0.1) is 0 Å². The van der Waals surface area contributed by atoms with Crippen molar-refractivity contribution < 1.29 is 14.3 Å². The molecule has 0 spiro atoms. The lowest BCUT2D eigenvalue weighted by atomic mass is 10.0. The van der Waals surface area contributed by atoms with E-state index in [0.717, 1.165) is 22.3 Å². The van der Waals surface area contributed by atoms with Crippen molar-refractivity contribution in [3.8, 4) is 5.75 Å². The Kier molecular flexibility index (Phi) is 9.69. The van der Waals surface area contributed by atoms with Gasteiger partial charge in [0.2, 0.25) is 5.91 Å². The van der Waals surface area contributed by atoms with Crippen molar-refractivity contribution in [3.63, 3.8) is 0 Å². The minimum Gasteiger partial charge on any atom is -0.483 e. The van der Waals surface area contributed by atoms with Gasteiger partial charge in [-0.25, -0.2) is 0 Å². The number of amides is 2. The third kappa shape index (κ3) is 7.70.